The molecule has 0 aliphatic heterocycles. The van der Waals surface area contributed by atoms with Crippen molar-refractivity contribution in [1.29, 1.82) is 0 Å². The molecule has 0 spiro atoms. The van der Waals surface area contributed by atoms with E-state index in [1.54, 1.807) is 0 Å². The fourth-order valence-corrected chi connectivity index (χ4v) is 2.83. The molecule has 2 aromatic rings. The maximum Gasteiger partial charge on any atom is 0.203 e. The highest BCUT2D eigenvalue weighted by Crippen LogP contribution is 2.25. The first kappa shape index (κ1) is 11.6. The van der Waals surface area contributed by atoms with Crippen molar-refractivity contribution < 1.29 is 4.79 Å². The van der Waals surface area contributed by atoms with Gasteiger partial charge in [0.2, 0.25) is 5.78 Å². The van der Waals surface area contributed by atoms with E-state index in [4.69, 9.17) is 0 Å². The van der Waals surface area contributed by atoms with E-state index in [1.165, 1.54) is 11.3 Å². The molecule has 1 aromatic heterocycles. The third-order valence-electron chi connectivity index (χ3n) is 2.58. The Labute approximate surface area is 107 Å². The van der Waals surface area contributed by atoms with Crippen LogP contribution in [0, 0.1) is 13.8 Å². The molecule has 0 saturated carbocycles. The number of thiophene rings is 1. The normalized spacial score (nSPS) is 10.4. The van der Waals surface area contributed by atoms with E-state index in [9.17, 15) is 4.79 Å². The van der Waals surface area contributed by atoms with Crippen LogP contribution in [0.2, 0.25) is 0 Å². The van der Waals surface area contributed by atoms with Gasteiger partial charge >= 0.3 is 0 Å². The number of hydrogen-bond donors (Lipinski definition) is 0. The van der Waals surface area contributed by atoms with Crippen LogP contribution in [-0.4, -0.2) is 5.78 Å². The van der Waals surface area contributed by atoms with E-state index < -0.39 is 0 Å². The number of carbonyl (C=O) groups is 1. The van der Waals surface area contributed by atoms with Gasteiger partial charge in [0.1, 0.15) is 0 Å². The highest BCUT2D eigenvalue weighted by Gasteiger charge is 2.15. The van der Waals surface area contributed by atoms with E-state index in [1.807, 2.05) is 43.5 Å². The lowest BCUT2D eigenvalue weighted by Gasteiger charge is -2.05. The zero-order chi connectivity index (χ0) is 11.7. The Kier molecular flexibility index (Phi) is 3.26. The molecule has 0 fully saturated rings. The Morgan fingerprint density at radius 2 is 2.00 bits per heavy atom. The Bertz CT molecular complexity index is 543. The summed E-state index contributed by atoms with van der Waals surface area (Å²) < 4.78 is 0.979. The van der Waals surface area contributed by atoms with Gasteiger partial charge in [-0.3, -0.25) is 4.79 Å². The standard InChI is InChI=1S/C13H11BrOS/c1-8-6-7-16-13(8)12(15)10-4-3-5-11(14)9(10)2/h3-7H,1-2H3. The molecule has 0 unspecified atom stereocenters. The zero-order valence-corrected chi connectivity index (χ0v) is 11.5. The van der Waals surface area contributed by atoms with Crippen LogP contribution in [0.1, 0.15) is 26.4 Å². The predicted octanol–water partition coefficient (Wildman–Crippen LogP) is 4.36. The number of hydrogen-bond acceptors (Lipinski definition) is 2. The van der Waals surface area contributed by atoms with Gasteiger partial charge < -0.3 is 0 Å². The summed E-state index contributed by atoms with van der Waals surface area (Å²) in [5.74, 6) is 0.117. The minimum atomic E-state index is 0.117. The number of halogens is 1. The molecule has 16 heavy (non-hydrogen) atoms. The van der Waals surface area contributed by atoms with Crippen LogP contribution < -0.4 is 0 Å². The smallest absolute Gasteiger partial charge is 0.203 e. The monoisotopic (exact) mass is 294 g/mol. The quantitative estimate of drug-likeness (QED) is 0.752. The first-order chi connectivity index (χ1) is 7.61. The van der Waals surface area contributed by atoms with Gasteiger partial charge in [-0.1, -0.05) is 28.1 Å². The van der Waals surface area contributed by atoms with Crippen LogP contribution in [0.25, 0.3) is 0 Å². The molecule has 0 bridgehead atoms. The number of aryl methyl sites for hydroxylation is 1. The third-order valence-corrected chi connectivity index (χ3v) is 4.45. The van der Waals surface area contributed by atoms with Crippen molar-refractivity contribution in [3.63, 3.8) is 0 Å². The van der Waals surface area contributed by atoms with Crippen molar-refractivity contribution >= 4 is 33.0 Å². The minimum absolute atomic E-state index is 0.117. The molecule has 2 rings (SSSR count). The first-order valence-electron chi connectivity index (χ1n) is 4.95. The lowest BCUT2D eigenvalue weighted by molar-refractivity contribution is 0.104. The third kappa shape index (κ3) is 1.97. The van der Waals surface area contributed by atoms with Crippen LogP contribution in [0.5, 0.6) is 0 Å². The molecule has 0 aliphatic rings. The van der Waals surface area contributed by atoms with Gasteiger partial charge in [-0.05, 0) is 42.5 Å². The van der Waals surface area contributed by atoms with Crippen molar-refractivity contribution in [2.24, 2.45) is 0 Å². The van der Waals surface area contributed by atoms with Crippen molar-refractivity contribution in [2.75, 3.05) is 0 Å². The summed E-state index contributed by atoms with van der Waals surface area (Å²) in [6.07, 6.45) is 0. The first-order valence-corrected chi connectivity index (χ1v) is 6.62. The summed E-state index contributed by atoms with van der Waals surface area (Å²) in [4.78, 5) is 13.1. The minimum Gasteiger partial charge on any atom is -0.288 e. The van der Waals surface area contributed by atoms with Gasteiger partial charge in [-0.25, -0.2) is 0 Å². The average Bonchev–Trinajstić information content (AvgIpc) is 2.68. The van der Waals surface area contributed by atoms with Crippen LogP contribution >= 0.6 is 27.3 Å². The average molecular weight is 295 g/mol. The summed E-state index contributed by atoms with van der Waals surface area (Å²) in [5, 5.41) is 1.95. The Hall–Kier alpha value is -0.930. The molecule has 3 heteroatoms. The van der Waals surface area contributed by atoms with Gasteiger partial charge in [-0.2, -0.15) is 0 Å². The van der Waals surface area contributed by atoms with Crippen LogP contribution in [0.15, 0.2) is 34.1 Å². The molecule has 0 saturated heterocycles. The van der Waals surface area contributed by atoms with E-state index in [2.05, 4.69) is 15.9 Å². The molecule has 0 aliphatic carbocycles. The molecule has 0 amide bonds. The maximum absolute atomic E-state index is 12.3. The molecular weight excluding hydrogens is 284 g/mol. The van der Waals surface area contributed by atoms with Crippen molar-refractivity contribution in [2.45, 2.75) is 13.8 Å². The summed E-state index contributed by atoms with van der Waals surface area (Å²) in [5.41, 5.74) is 2.83. The highest BCUT2D eigenvalue weighted by atomic mass is 79.9. The van der Waals surface area contributed by atoms with E-state index in [-0.39, 0.29) is 5.78 Å². The highest BCUT2D eigenvalue weighted by molar-refractivity contribution is 9.10. The molecule has 82 valence electrons. The zero-order valence-electron chi connectivity index (χ0n) is 9.08. The summed E-state index contributed by atoms with van der Waals surface area (Å²) in [6.45, 7) is 3.93. The van der Waals surface area contributed by atoms with Crippen LogP contribution in [0.3, 0.4) is 0 Å². The topological polar surface area (TPSA) is 17.1 Å². The van der Waals surface area contributed by atoms with E-state index in [0.29, 0.717) is 0 Å². The SMILES string of the molecule is Cc1ccsc1C(=O)c1cccc(Br)c1C. The fraction of sp³-hybridized carbons (Fsp3) is 0.154. The number of rotatable bonds is 2. The molecule has 0 atom stereocenters. The molecule has 1 nitrogen and oxygen atoms in total. The lowest BCUT2D eigenvalue weighted by Crippen LogP contribution is -2.03. The molecule has 0 N–H and O–H groups in total. The van der Waals surface area contributed by atoms with E-state index >= 15 is 0 Å². The van der Waals surface area contributed by atoms with E-state index in [0.717, 1.165) is 26.0 Å². The maximum atomic E-state index is 12.3. The molecule has 0 radical (unpaired) electrons. The van der Waals surface area contributed by atoms with Crippen molar-refractivity contribution in [1.82, 2.24) is 0 Å². The van der Waals surface area contributed by atoms with Gasteiger partial charge in [0.15, 0.2) is 0 Å². The summed E-state index contributed by atoms with van der Waals surface area (Å²) >= 11 is 4.95. The number of carbonyl (C=O) groups excluding carboxylic acids is 1. The van der Waals surface area contributed by atoms with Gasteiger partial charge in [0.05, 0.1) is 4.88 Å². The van der Waals surface area contributed by atoms with Crippen LogP contribution in [0.4, 0.5) is 0 Å². The van der Waals surface area contributed by atoms with Crippen molar-refractivity contribution in [3.8, 4) is 0 Å². The van der Waals surface area contributed by atoms with Gasteiger partial charge in [0, 0.05) is 10.0 Å². The Balaban J connectivity index is 2.50. The summed E-state index contributed by atoms with van der Waals surface area (Å²) in [7, 11) is 0. The number of benzene rings is 1. The molecule has 1 heterocycles. The fourth-order valence-electron chi connectivity index (χ4n) is 1.58. The Morgan fingerprint density at radius 1 is 1.25 bits per heavy atom. The lowest BCUT2D eigenvalue weighted by atomic mass is 10.0. The second-order valence-corrected chi connectivity index (χ2v) is 5.44. The molecular formula is C13H11BrOS. The predicted molar refractivity (Wildman–Crippen MR) is 71.4 cm³/mol. The largest absolute Gasteiger partial charge is 0.288 e. The molecule has 1 aromatic carbocycles. The van der Waals surface area contributed by atoms with Crippen LogP contribution in [-0.2, 0) is 0 Å². The van der Waals surface area contributed by atoms with Crippen molar-refractivity contribution in [3.05, 3.63) is 55.7 Å². The second-order valence-electron chi connectivity index (χ2n) is 3.67. The number of ketones is 1. The second kappa shape index (κ2) is 4.52. The summed E-state index contributed by atoms with van der Waals surface area (Å²) in [6, 6.07) is 7.70. The van der Waals surface area contributed by atoms with Gasteiger partial charge in [0.25, 0.3) is 0 Å². The van der Waals surface area contributed by atoms with Gasteiger partial charge in [-0.15, -0.1) is 11.3 Å². The Morgan fingerprint density at radius 3 is 2.62 bits per heavy atom.